The van der Waals surface area contributed by atoms with Crippen molar-refractivity contribution in [2.45, 2.75) is 39.0 Å². The number of likely N-dealkylation sites (tertiary alicyclic amines) is 1. The number of carbonyl (C=O) groups excluding carboxylic acids is 1. The maximum Gasteiger partial charge on any atom is 0.307 e. The molecule has 1 aliphatic rings. The number of ether oxygens (including phenoxy) is 1. The monoisotopic (exact) mass is 289 g/mol. The third kappa shape index (κ3) is 5.88. The van der Waals surface area contributed by atoms with Crippen LogP contribution in [0.5, 0.6) is 0 Å². The summed E-state index contributed by atoms with van der Waals surface area (Å²) in [5.74, 6) is 0.771. The van der Waals surface area contributed by atoms with Crippen LogP contribution >= 0.6 is 0 Å². The summed E-state index contributed by atoms with van der Waals surface area (Å²) < 4.78 is 4.98. The van der Waals surface area contributed by atoms with Gasteiger partial charge in [-0.05, 0) is 57.2 Å². The molecular weight excluding hydrogens is 262 g/mol. The molecule has 3 nitrogen and oxygen atoms in total. The molecule has 0 bridgehead atoms. The number of hydrogen-bond acceptors (Lipinski definition) is 3. The number of hydrogen-bond donors (Lipinski definition) is 0. The minimum absolute atomic E-state index is 0.0660. The van der Waals surface area contributed by atoms with Crippen LogP contribution in [0.4, 0.5) is 0 Å². The average molecular weight is 289 g/mol. The van der Waals surface area contributed by atoms with Gasteiger partial charge in [-0.1, -0.05) is 30.3 Å². The van der Waals surface area contributed by atoms with Crippen LogP contribution in [0.25, 0.3) is 0 Å². The highest BCUT2D eigenvalue weighted by atomic mass is 16.5. The Bertz CT molecular complexity index is 410. The van der Waals surface area contributed by atoms with E-state index < -0.39 is 0 Å². The maximum absolute atomic E-state index is 11.4. The molecule has 1 aromatic rings. The van der Waals surface area contributed by atoms with Gasteiger partial charge in [0.2, 0.25) is 0 Å². The average Bonchev–Trinajstić information content (AvgIpc) is 2.53. The zero-order chi connectivity index (χ0) is 14.9. The van der Waals surface area contributed by atoms with Gasteiger partial charge in [-0.15, -0.1) is 0 Å². The molecule has 0 radical (unpaired) electrons. The summed E-state index contributed by atoms with van der Waals surface area (Å²) in [6.07, 6.45) is 5.53. The summed E-state index contributed by atoms with van der Waals surface area (Å²) in [5.41, 5.74) is 1.45. The number of aryl methyl sites for hydroxylation is 1. The van der Waals surface area contributed by atoms with Crippen LogP contribution in [0.1, 0.15) is 38.2 Å². The number of carbonyl (C=O) groups is 1. The van der Waals surface area contributed by atoms with Gasteiger partial charge in [0.05, 0.1) is 13.0 Å². The Morgan fingerprint density at radius 1 is 1.24 bits per heavy atom. The first-order chi connectivity index (χ1) is 10.3. The molecule has 0 amide bonds. The fourth-order valence-corrected chi connectivity index (χ4v) is 3.00. The molecule has 0 atom stereocenters. The minimum Gasteiger partial charge on any atom is -0.466 e. The van der Waals surface area contributed by atoms with Gasteiger partial charge >= 0.3 is 5.97 Å². The molecule has 2 rings (SSSR count). The van der Waals surface area contributed by atoms with Crippen molar-refractivity contribution in [3.63, 3.8) is 0 Å². The summed E-state index contributed by atoms with van der Waals surface area (Å²) >= 11 is 0. The molecule has 0 N–H and O–H groups in total. The van der Waals surface area contributed by atoms with Crippen LogP contribution in [0.2, 0.25) is 0 Å². The normalized spacial score (nSPS) is 16.8. The lowest BCUT2D eigenvalue weighted by Crippen LogP contribution is -2.35. The predicted octanol–water partition coefficient (Wildman–Crippen LogP) is 3.28. The van der Waals surface area contributed by atoms with Crippen molar-refractivity contribution < 1.29 is 9.53 Å². The van der Waals surface area contributed by atoms with Crippen molar-refractivity contribution in [1.82, 2.24) is 4.90 Å². The second kappa shape index (κ2) is 8.83. The van der Waals surface area contributed by atoms with E-state index >= 15 is 0 Å². The quantitative estimate of drug-likeness (QED) is 0.721. The Balaban J connectivity index is 1.61. The van der Waals surface area contributed by atoms with Gasteiger partial charge in [0, 0.05) is 6.54 Å². The minimum atomic E-state index is -0.0660. The summed E-state index contributed by atoms with van der Waals surface area (Å²) in [6, 6.07) is 10.7. The first-order valence-electron chi connectivity index (χ1n) is 8.20. The molecule has 1 fully saturated rings. The summed E-state index contributed by atoms with van der Waals surface area (Å²) in [6.45, 7) is 5.44. The number of esters is 1. The van der Waals surface area contributed by atoms with Crippen LogP contribution < -0.4 is 0 Å². The SMILES string of the molecule is CCOC(=O)CCN1CCC(CCc2ccccc2)CC1. The molecule has 1 heterocycles. The first-order valence-corrected chi connectivity index (χ1v) is 8.20. The van der Waals surface area contributed by atoms with E-state index in [1.54, 1.807) is 0 Å². The Morgan fingerprint density at radius 2 is 1.95 bits per heavy atom. The Morgan fingerprint density at radius 3 is 2.62 bits per heavy atom. The molecule has 1 saturated heterocycles. The van der Waals surface area contributed by atoms with E-state index in [9.17, 15) is 4.79 Å². The van der Waals surface area contributed by atoms with Gasteiger partial charge in [0.15, 0.2) is 0 Å². The topological polar surface area (TPSA) is 29.5 Å². The van der Waals surface area contributed by atoms with E-state index in [1.165, 1.54) is 31.2 Å². The lowest BCUT2D eigenvalue weighted by atomic mass is 9.90. The second-order valence-corrected chi connectivity index (χ2v) is 5.86. The third-order valence-electron chi connectivity index (χ3n) is 4.33. The lowest BCUT2D eigenvalue weighted by Gasteiger charge is -2.31. The van der Waals surface area contributed by atoms with Crippen molar-refractivity contribution in [2.75, 3.05) is 26.2 Å². The molecule has 116 valence electrons. The van der Waals surface area contributed by atoms with Gasteiger partial charge in [-0.25, -0.2) is 0 Å². The van der Waals surface area contributed by atoms with Gasteiger partial charge < -0.3 is 9.64 Å². The van der Waals surface area contributed by atoms with Crippen molar-refractivity contribution >= 4 is 5.97 Å². The zero-order valence-electron chi connectivity index (χ0n) is 13.1. The highest BCUT2D eigenvalue weighted by Gasteiger charge is 2.19. The van der Waals surface area contributed by atoms with E-state index in [1.807, 2.05) is 6.92 Å². The van der Waals surface area contributed by atoms with Crippen molar-refractivity contribution in [3.8, 4) is 0 Å². The molecule has 0 aliphatic carbocycles. The number of benzene rings is 1. The molecular formula is C18H27NO2. The largest absolute Gasteiger partial charge is 0.466 e. The Labute approximate surface area is 128 Å². The van der Waals surface area contributed by atoms with Crippen LogP contribution in [-0.2, 0) is 16.0 Å². The molecule has 1 aromatic carbocycles. The Kier molecular flexibility index (Phi) is 6.74. The lowest BCUT2D eigenvalue weighted by molar-refractivity contribution is -0.143. The van der Waals surface area contributed by atoms with Crippen molar-refractivity contribution in [3.05, 3.63) is 35.9 Å². The summed E-state index contributed by atoms with van der Waals surface area (Å²) in [7, 11) is 0. The number of nitrogens with zero attached hydrogens (tertiary/aromatic N) is 1. The van der Waals surface area contributed by atoms with Gasteiger partial charge in [0.1, 0.15) is 0 Å². The van der Waals surface area contributed by atoms with E-state index in [2.05, 4.69) is 35.2 Å². The van der Waals surface area contributed by atoms with Crippen LogP contribution in [0.3, 0.4) is 0 Å². The van der Waals surface area contributed by atoms with E-state index in [-0.39, 0.29) is 5.97 Å². The predicted molar refractivity (Wildman–Crippen MR) is 85.2 cm³/mol. The zero-order valence-corrected chi connectivity index (χ0v) is 13.1. The molecule has 0 spiro atoms. The van der Waals surface area contributed by atoms with Gasteiger partial charge in [0.25, 0.3) is 0 Å². The fraction of sp³-hybridized carbons (Fsp3) is 0.611. The number of rotatable bonds is 7. The summed E-state index contributed by atoms with van der Waals surface area (Å²) in [4.78, 5) is 13.8. The third-order valence-corrected chi connectivity index (χ3v) is 4.33. The van der Waals surface area contributed by atoms with E-state index in [0.717, 1.165) is 25.6 Å². The molecule has 0 unspecified atom stereocenters. The highest BCUT2D eigenvalue weighted by Crippen LogP contribution is 2.22. The van der Waals surface area contributed by atoms with Crippen molar-refractivity contribution in [1.29, 1.82) is 0 Å². The standard InChI is InChI=1S/C18H27NO2/c1-2-21-18(20)12-15-19-13-10-17(11-14-19)9-8-16-6-4-3-5-7-16/h3-7,17H,2,8-15H2,1H3. The summed E-state index contributed by atoms with van der Waals surface area (Å²) in [5, 5.41) is 0. The van der Waals surface area contributed by atoms with Crippen LogP contribution in [-0.4, -0.2) is 37.1 Å². The van der Waals surface area contributed by atoms with Crippen LogP contribution in [0.15, 0.2) is 30.3 Å². The maximum atomic E-state index is 11.4. The molecule has 21 heavy (non-hydrogen) atoms. The first kappa shape index (κ1) is 16.0. The highest BCUT2D eigenvalue weighted by molar-refractivity contribution is 5.69. The van der Waals surface area contributed by atoms with E-state index in [4.69, 9.17) is 4.74 Å². The molecule has 0 saturated carbocycles. The van der Waals surface area contributed by atoms with Crippen LogP contribution in [0, 0.1) is 5.92 Å². The van der Waals surface area contributed by atoms with Crippen molar-refractivity contribution in [2.24, 2.45) is 5.92 Å². The van der Waals surface area contributed by atoms with Gasteiger partial charge in [-0.2, -0.15) is 0 Å². The Hall–Kier alpha value is -1.35. The molecule has 3 heteroatoms. The van der Waals surface area contributed by atoms with Gasteiger partial charge in [-0.3, -0.25) is 4.79 Å². The smallest absolute Gasteiger partial charge is 0.307 e. The molecule has 0 aromatic heterocycles. The molecule has 1 aliphatic heterocycles. The van der Waals surface area contributed by atoms with E-state index in [0.29, 0.717) is 13.0 Å². The fourth-order valence-electron chi connectivity index (χ4n) is 3.00. The second-order valence-electron chi connectivity index (χ2n) is 5.86. The number of piperidine rings is 1.